The molecule has 1 heterocycles. The minimum absolute atomic E-state index is 0.227. The van der Waals surface area contributed by atoms with Crippen LogP contribution in [0, 0.1) is 6.92 Å². The molecule has 1 aromatic heterocycles. The van der Waals surface area contributed by atoms with Crippen molar-refractivity contribution >= 4 is 50.1 Å². The van der Waals surface area contributed by atoms with Crippen molar-refractivity contribution in [2.75, 3.05) is 24.2 Å². The number of nitrogens with zero attached hydrogens (tertiary/aromatic N) is 2. The highest BCUT2D eigenvalue weighted by molar-refractivity contribution is 7.92. The molecule has 0 bridgehead atoms. The maximum absolute atomic E-state index is 13.1. The lowest BCUT2D eigenvalue weighted by atomic mass is 10.2. The first-order valence-electron chi connectivity index (χ1n) is 8.59. The molecule has 0 amide bonds. The first kappa shape index (κ1) is 20.9. The van der Waals surface area contributed by atoms with Crippen LogP contribution in [-0.4, -0.2) is 44.8 Å². The summed E-state index contributed by atoms with van der Waals surface area (Å²) in [7, 11) is -2.50. The number of anilines is 1. The van der Waals surface area contributed by atoms with Crippen LogP contribution in [0.4, 0.5) is 5.69 Å². The lowest BCUT2D eigenvalue weighted by molar-refractivity contribution is 0.0603. The quantitative estimate of drug-likeness (QED) is 0.574. The third kappa shape index (κ3) is 4.13. The number of sulfonamides is 1. The van der Waals surface area contributed by atoms with Gasteiger partial charge in [-0.15, -0.1) is 0 Å². The predicted molar refractivity (Wildman–Crippen MR) is 112 cm³/mol. The maximum atomic E-state index is 13.1. The Morgan fingerprint density at radius 3 is 2.48 bits per heavy atom. The van der Waals surface area contributed by atoms with Crippen molar-refractivity contribution < 1.29 is 22.7 Å². The van der Waals surface area contributed by atoms with E-state index in [0.717, 1.165) is 10.6 Å². The van der Waals surface area contributed by atoms with E-state index in [1.54, 1.807) is 49.4 Å². The number of carbonyl (C=O) groups is 2. The van der Waals surface area contributed by atoms with Gasteiger partial charge in [0.2, 0.25) is 10.0 Å². The number of methoxy groups -OCH3 is 1. The number of hydrogen-bond donors (Lipinski definition) is 0. The van der Waals surface area contributed by atoms with Gasteiger partial charge in [0.15, 0.2) is 0 Å². The predicted octanol–water partition coefficient (Wildman–Crippen LogP) is 3.50. The SMILES string of the molecule is COC(=O)c1cn(C(=O)CN(c2ccc(Cl)cc2C)S(C)(=O)=O)c2ccccc12. The van der Waals surface area contributed by atoms with E-state index < -0.39 is 28.4 Å². The molecule has 0 aliphatic heterocycles. The largest absolute Gasteiger partial charge is 0.465 e. The van der Waals surface area contributed by atoms with Crippen molar-refractivity contribution in [3.63, 3.8) is 0 Å². The zero-order chi connectivity index (χ0) is 21.3. The third-order valence-corrected chi connectivity index (χ3v) is 5.85. The molecule has 0 unspecified atom stereocenters. The van der Waals surface area contributed by atoms with Crippen molar-refractivity contribution in [1.29, 1.82) is 0 Å². The summed E-state index contributed by atoms with van der Waals surface area (Å²) in [4.78, 5) is 25.1. The molecular formula is C20H19ClN2O5S. The Morgan fingerprint density at radius 1 is 1.17 bits per heavy atom. The Labute approximate surface area is 173 Å². The Hall–Kier alpha value is -2.84. The standard InChI is InChI=1S/C20H19ClN2O5S/c1-13-10-14(21)8-9-17(13)23(29(3,26)27)12-19(24)22-11-16(20(25)28-2)15-6-4-5-7-18(15)22/h4-11H,12H2,1-3H3. The van der Waals surface area contributed by atoms with Gasteiger partial charge in [-0.2, -0.15) is 0 Å². The Bertz CT molecular complexity index is 1220. The number of rotatable bonds is 5. The molecule has 152 valence electrons. The van der Waals surface area contributed by atoms with Crippen LogP contribution in [0.15, 0.2) is 48.7 Å². The highest BCUT2D eigenvalue weighted by atomic mass is 35.5. The number of hydrogen-bond acceptors (Lipinski definition) is 5. The highest BCUT2D eigenvalue weighted by Crippen LogP contribution is 2.27. The van der Waals surface area contributed by atoms with E-state index in [4.69, 9.17) is 16.3 Å². The summed E-state index contributed by atoms with van der Waals surface area (Å²) in [5.41, 5.74) is 1.68. The van der Waals surface area contributed by atoms with E-state index in [1.807, 2.05) is 0 Å². The van der Waals surface area contributed by atoms with Gasteiger partial charge in [-0.25, -0.2) is 13.2 Å². The van der Waals surface area contributed by atoms with Gasteiger partial charge in [-0.05, 0) is 36.8 Å². The van der Waals surface area contributed by atoms with E-state index in [1.165, 1.54) is 17.9 Å². The van der Waals surface area contributed by atoms with Gasteiger partial charge >= 0.3 is 5.97 Å². The van der Waals surface area contributed by atoms with Crippen LogP contribution in [-0.2, 0) is 14.8 Å². The molecule has 0 aliphatic carbocycles. The summed E-state index contributed by atoms with van der Waals surface area (Å²) in [5.74, 6) is -1.10. The zero-order valence-corrected chi connectivity index (χ0v) is 17.6. The molecule has 0 N–H and O–H groups in total. The zero-order valence-electron chi connectivity index (χ0n) is 16.0. The van der Waals surface area contributed by atoms with Gasteiger partial charge in [0.1, 0.15) is 6.54 Å². The Kier molecular flexibility index (Phi) is 5.68. The number of para-hydroxylation sites is 1. The minimum Gasteiger partial charge on any atom is -0.465 e. The Morgan fingerprint density at radius 2 is 1.86 bits per heavy atom. The van der Waals surface area contributed by atoms with Crippen LogP contribution in [0.5, 0.6) is 0 Å². The van der Waals surface area contributed by atoms with Crippen molar-refractivity contribution in [1.82, 2.24) is 4.57 Å². The van der Waals surface area contributed by atoms with Gasteiger partial charge < -0.3 is 4.74 Å². The van der Waals surface area contributed by atoms with Gasteiger partial charge in [0.05, 0.1) is 30.1 Å². The van der Waals surface area contributed by atoms with E-state index >= 15 is 0 Å². The smallest absolute Gasteiger partial charge is 0.340 e. The average molecular weight is 435 g/mol. The molecule has 7 nitrogen and oxygen atoms in total. The molecule has 2 aromatic carbocycles. The van der Waals surface area contributed by atoms with Crippen LogP contribution in [0.2, 0.25) is 5.02 Å². The molecule has 0 aliphatic rings. The molecule has 3 rings (SSSR count). The maximum Gasteiger partial charge on any atom is 0.340 e. The van der Waals surface area contributed by atoms with Crippen molar-refractivity contribution in [3.05, 3.63) is 64.8 Å². The van der Waals surface area contributed by atoms with E-state index in [0.29, 0.717) is 27.2 Å². The first-order valence-corrected chi connectivity index (χ1v) is 10.8. The van der Waals surface area contributed by atoms with Crippen LogP contribution in [0.3, 0.4) is 0 Å². The molecule has 0 spiro atoms. The van der Waals surface area contributed by atoms with Crippen molar-refractivity contribution in [3.8, 4) is 0 Å². The van der Waals surface area contributed by atoms with E-state index in [-0.39, 0.29) is 5.56 Å². The highest BCUT2D eigenvalue weighted by Gasteiger charge is 2.25. The van der Waals surface area contributed by atoms with E-state index in [2.05, 4.69) is 0 Å². The second-order valence-electron chi connectivity index (χ2n) is 6.52. The number of aromatic nitrogens is 1. The lowest BCUT2D eigenvalue weighted by Gasteiger charge is -2.23. The van der Waals surface area contributed by atoms with Crippen molar-refractivity contribution in [2.45, 2.75) is 6.92 Å². The van der Waals surface area contributed by atoms with Gasteiger partial charge in [0.25, 0.3) is 5.91 Å². The third-order valence-electron chi connectivity index (χ3n) is 4.49. The van der Waals surface area contributed by atoms with Gasteiger partial charge in [0, 0.05) is 16.6 Å². The molecule has 0 saturated heterocycles. The summed E-state index contributed by atoms with van der Waals surface area (Å²) in [5, 5.41) is 1.01. The van der Waals surface area contributed by atoms with Crippen LogP contribution in [0.25, 0.3) is 10.9 Å². The number of fused-ring (bicyclic) bond motifs is 1. The molecule has 9 heteroatoms. The first-order chi connectivity index (χ1) is 13.6. The second kappa shape index (κ2) is 7.88. The number of esters is 1. The summed E-state index contributed by atoms with van der Waals surface area (Å²) < 4.78 is 31.9. The number of halogens is 1. The topological polar surface area (TPSA) is 85.7 Å². The summed E-state index contributed by atoms with van der Waals surface area (Å²) in [6.07, 6.45) is 2.40. The number of carbonyl (C=O) groups excluding carboxylic acids is 2. The molecule has 0 saturated carbocycles. The number of aryl methyl sites for hydroxylation is 1. The fraction of sp³-hybridized carbons (Fsp3) is 0.200. The van der Waals surface area contributed by atoms with E-state index in [9.17, 15) is 18.0 Å². The van der Waals surface area contributed by atoms with Gasteiger partial charge in [-0.3, -0.25) is 13.7 Å². The molecule has 0 atom stereocenters. The van der Waals surface area contributed by atoms with Gasteiger partial charge in [-0.1, -0.05) is 29.8 Å². The minimum atomic E-state index is -3.76. The number of benzene rings is 2. The summed E-state index contributed by atoms with van der Waals surface area (Å²) in [6, 6.07) is 11.6. The van der Waals surface area contributed by atoms with Crippen molar-refractivity contribution in [2.24, 2.45) is 0 Å². The van der Waals surface area contributed by atoms with Crippen LogP contribution < -0.4 is 4.31 Å². The summed E-state index contributed by atoms with van der Waals surface area (Å²) in [6.45, 7) is 1.27. The summed E-state index contributed by atoms with van der Waals surface area (Å²) >= 11 is 5.97. The molecule has 3 aromatic rings. The van der Waals surface area contributed by atoms with Crippen LogP contribution in [0.1, 0.15) is 20.7 Å². The monoisotopic (exact) mass is 434 g/mol. The fourth-order valence-electron chi connectivity index (χ4n) is 3.14. The van der Waals surface area contributed by atoms with Crippen LogP contribution >= 0.6 is 11.6 Å². The number of ether oxygens (including phenoxy) is 1. The molecule has 0 radical (unpaired) electrons. The molecular weight excluding hydrogens is 416 g/mol. The molecule has 29 heavy (non-hydrogen) atoms. The lowest BCUT2D eigenvalue weighted by Crippen LogP contribution is -2.37. The fourth-order valence-corrected chi connectivity index (χ4v) is 4.27. The normalized spacial score (nSPS) is 11.4. The Balaban J connectivity index is 2.07. The molecule has 0 fully saturated rings. The average Bonchev–Trinajstić information content (AvgIpc) is 3.05. The second-order valence-corrected chi connectivity index (χ2v) is 8.86.